The molecule has 2 aromatic heterocycles. The molecule has 3 aromatic rings. The summed E-state index contributed by atoms with van der Waals surface area (Å²) in [6.07, 6.45) is 2.71. The van der Waals surface area contributed by atoms with Crippen LogP contribution in [0.5, 0.6) is 0 Å². The van der Waals surface area contributed by atoms with Crippen LogP contribution in [-0.2, 0) is 11.3 Å². The van der Waals surface area contributed by atoms with Gasteiger partial charge in [-0.15, -0.1) is 0 Å². The Balaban J connectivity index is 1.83. The van der Waals surface area contributed by atoms with Crippen molar-refractivity contribution >= 4 is 52.3 Å². The van der Waals surface area contributed by atoms with Gasteiger partial charge >= 0.3 is 0 Å². The van der Waals surface area contributed by atoms with Crippen LogP contribution < -0.4 is 5.32 Å². The van der Waals surface area contributed by atoms with E-state index < -0.39 is 5.91 Å². The van der Waals surface area contributed by atoms with Gasteiger partial charge in [-0.1, -0.05) is 53.0 Å². The highest BCUT2D eigenvalue weighted by Crippen LogP contribution is 2.31. The molecule has 0 unspecified atom stereocenters. The fraction of sp³-hybridized carbons (Fsp3) is 0.105. The number of hydrogen-bond acceptors (Lipinski definition) is 4. The Hall–Kier alpha value is -2.54. The quantitative estimate of drug-likeness (QED) is 0.593. The molecular weight excluding hydrogens is 425 g/mol. The van der Waals surface area contributed by atoms with Gasteiger partial charge in [-0.3, -0.25) is 9.59 Å². The number of carbonyl (C=O) groups excluding carboxylic acids is 2. The van der Waals surface area contributed by atoms with Crippen molar-refractivity contribution in [3.8, 4) is 0 Å². The smallest absolute Gasteiger partial charge is 0.274 e. The van der Waals surface area contributed by atoms with Gasteiger partial charge in [-0.25, -0.2) is 4.98 Å². The van der Waals surface area contributed by atoms with E-state index in [1.54, 1.807) is 36.4 Å². The molecule has 1 aromatic carbocycles. The Kier molecular flexibility index (Phi) is 6.57. The van der Waals surface area contributed by atoms with E-state index in [0.717, 1.165) is 0 Å². The SMILES string of the molecule is O=C(CN(Cc1ccco1)C(=O)c1ncc(Cl)c(Cl)c1Cl)Nc1ccccc1. The molecule has 0 radical (unpaired) electrons. The zero-order valence-corrected chi connectivity index (χ0v) is 16.6. The van der Waals surface area contributed by atoms with Gasteiger partial charge in [0.1, 0.15) is 18.0 Å². The summed E-state index contributed by atoms with van der Waals surface area (Å²) in [7, 11) is 0. The second kappa shape index (κ2) is 9.10. The second-order valence-electron chi connectivity index (χ2n) is 5.74. The number of carbonyl (C=O) groups is 2. The van der Waals surface area contributed by atoms with Crippen molar-refractivity contribution in [2.75, 3.05) is 11.9 Å². The second-order valence-corrected chi connectivity index (χ2v) is 6.90. The molecule has 144 valence electrons. The fourth-order valence-electron chi connectivity index (χ4n) is 2.43. The van der Waals surface area contributed by atoms with Crippen LogP contribution in [0.25, 0.3) is 0 Å². The van der Waals surface area contributed by atoms with Crippen molar-refractivity contribution in [1.82, 2.24) is 9.88 Å². The van der Waals surface area contributed by atoms with E-state index in [0.29, 0.717) is 11.4 Å². The lowest BCUT2D eigenvalue weighted by Crippen LogP contribution is -2.38. The summed E-state index contributed by atoms with van der Waals surface area (Å²) >= 11 is 18.0. The summed E-state index contributed by atoms with van der Waals surface area (Å²) in [6, 6.07) is 12.3. The van der Waals surface area contributed by atoms with Crippen LogP contribution in [0.4, 0.5) is 5.69 Å². The van der Waals surface area contributed by atoms with Gasteiger partial charge in [0.25, 0.3) is 5.91 Å². The minimum absolute atomic E-state index is 0.0216. The lowest BCUT2D eigenvalue weighted by atomic mass is 10.2. The molecule has 6 nitrogen and oxygen atoms in total. The largest absolute Gasteiger partial charge is 0.467 e. The van der Waals surface area contributed by atoms with Gasteiger partial charge < -0.3 is 14.6 Å². The lowest BCUT2D eigenvalue weighted by Gasteiger charge is -2.21. The van der Waals surface area contributed by atoms with Crippen LogP contribution in [0, 0.1) is 0 Å². The molecule has 2 amide bonds. The van der Waals surface area contributed by atoms with Crippen molar-refractivity contribution in [1.29, 1.82) is 0 Å². The fourth-order valence-corrected chi connectivity index (χ4v) is 2.99. The van der Waals surface area contributed by atoms with Crippen molar-refractivity contribution in [3.63, 3.8) is 0 Å². The Labute approximate surface area is 176 Å². The highest BCUT2D eigenvalue weighted by Gasteiger charge is 2.25. The number of halogens is 3. The van der Waals surface area contributed by atoms with Gasteiger partial charge in [0.05, 0.1) is 27.9 Å². The summed E-state index contributed by atoms with van der Waals surface area (Å²) in [5, 5.41) is 2.80. The molecule has 3 rings (SSSR count). The highest BCUT2D eigenvalue weighted by atomic mass is 35.5. The van der Waals surface area contributed by atoms with Crippen molar-refractivity contribution in [2.24, 2.45) is 0 Å². The van der Waals surface area contributed by atoms with E-state index in [1.165, 1.54) is 17.4 Å². The summed E-state index contributed by atoms with van der Waals surface area (Å²) in [4.78, 5) is 30.7. The number of nitrogens with one attached hydrogen (secondary N) is 1. The summed E-state index contributed by atoms with van der Waals surface area (Å²) in [5.74, 6) is -0.470. The Morgan fingerprint density at radius 1 is 1.04 bits per heavy atom. The van der Waals surface area contributed by atoms with Crippen LogP contribution in [-0.4, -0.2) is 28.2 Å². The summed E-state index contributed by atoms with van der Waals surface area (Å²) in [6.45, 7) is -0.195. The predicted octanol–water partition coefficient (Wildman–Crippen LogP) is 4.92. The van der Waals surface area contributed by atoms with E-state index in [2.05, 4.69) is 10.3 Å². The number of para-hydroxylation sites is 1. The standard InChI is InChI=1S/C19H14Cl3N3O3/c20-14-9-23-18(17(22)16(14)21)19(27)25(10-13-7-4-8-28-13)11-15(26)24-12-5-2-1-3-6-12/h1-9H,10-11H2,(H,24,26). The van der Waals surface area contributed by atoms with Crippen molar-refractivity contribution in [2.45, 2.75) is 6.54 Å². The number of hydrogen-bond donors (Lipinski definition) is 1. The maximum Gasteiger partial charge on any atom is 0.274 e. The molecule has 0 aliphatic carbocycles. The third-order valence-electron chi connectivity index (χ3n) is 3.73. The molecule has 9 heteroatoms. The molecule has 1 N–H and O–H groups in total. The number of furan rings is 1. The number of amides is 2. The van der Waals surface area contributed by atoms with Gasteiger partial charge in [-0.05, 0) is 24.3 Å². The first-order valence-electron chi connectivity index (χ1n) is 8.11. The van der Waals surface area contributed by atoms with Crippen LogP contribution >= 0.6 is 34.8 Å². The Morgan fingerprint density at radius 2 is 1.79 bits per heavy atom. The van der Waals surface area contributed by atoms with Crippen LogP contribution in [0.1, 0.15) is 16.2 Å². The van der Waals surface area contributed by atoms with Gasteiger partial charge in [0.2, 0.25) is 5.91 Å². The monoisotopic (exact) mass is 437 g/mol. The third kappa shape index (κ3) is 4.84. The molecule has 0 aliphatic heterocycles. The number of rotatable bonds is 6. The molecule has 0 bridgehead atoms. The molecule has 0 aliphatic rings. The first kappa shape index (κ1) is 20.2. The topological polar surface area (TPSA) is 75.4 Å². The lowest BCUT2D eigenvalue weighted by molar-refractivity contribution is -0.117. The number of benzene rings is 1. The molecule has 0 saturated carbocycles. The maximum absolute atomic E-state index is 13.0. The van der Waals surface area contributed by atoms with Crippen molar-refractivity contribution in [3.05, 3.63) is 81.4 Å². The van der Waals surface area contributed by atoms with E-state index >= 15 is 0 Å². The molecule has 0 atom stereocenters. The molecule has 0 fully saturated rings. The van der Waals surface area contributed by atoms with Crippen LogP contribution in [0.3, 0.4) is 0 Å². The van der Waals surface area contributed by atoms with Crippen LogP contribution in [0.15, 0.2) is 59.3 Å². The zero-order valence-electron chi connectivity index (χ0n) is 14.4. The number of anilines is 1. The number of aromatic nitrogens is 1. The number of nitrogens with zero attached hydrogens (tertiary/aromatic N) is 2. The molecular formula is C19H14Cl3N3O3. The van der Waals surface area contributed by atoms with Gasteiger partial charge in [0, 0.05) is 11.9 Å². The first-order valence-corrected chi connectivity index (χ1v) is 9.25. The normalized spacial score (nSPS) is 10.5. The summed E-state index contributed by atoms with van der Waals surface area (Å²) < 4.78 is 5.30. The minimum atomic E-state index is -0.580. The van der Waals surface area contributed by atoms with E-state index in [1.807, 2.05) is 6.07 Å². The van der Waals surface area contributed by atoms with Crippen molar-refractivity contribution < 1.29 is 14.0 Å². The Bertz CT molecular complexity index is 979. The van der Waals surface area contributed by atoms with E-state index in [4.69, 9.17) is 39.2 Å². The average molecular weight is 439 g/mol. The maximum atomic E-state index is 13.0. The molecule has 0 saturated heterocycles. The summed E-state index contributed by atoms with van der Waals surface area (Å²) in [5.41, 5.74) is 0.513. The van der Waals surface area contributed by atoms with E-state index in [-0.39, 0.29) is 39.8 Å². The molecule has 28 heavy (non-hydrogen) atoms. The Morgan fingerprint density at radius 3 is 2.46 bits per heavy atom. The molecule has 0 spiro atoms. The molecule has 2 heterocycles. The minimum Gasteiger partial charge on any atom is -0.467 e. The van der Waals surface area contributed by atoms with Gasteiger partial charge in [-0.2, -0.15) is 0 Å². The average Bonchev–Trinajstić information content (AvgIpc) is 3.19. The first-order chi connectivity index (χ1) is 13.5. The van der Waals surface area contributed by atoms with E-state index in [9.17, 15) is 9.59 Å². The third-order valence-corrected chi connectivity index (χ3v) is 4.97. The zero-order chi connectivity index (χ0) is 20.1. The predicted molar refractivity (Wildman–Crippen MR) is 108 cm³/mol. The highest BCUT2D eigenvalue weighted by molar-refractivity contribution is 6.48. The van der Waals surface area contributed by atoms with Gasteiger partial charge in [0.15, 0.2) is 0 Å². The number of pyridine rings is 1. The van der Waals surface area contributed by atoms with Crippen LogP contribution in [0.2, 0.25) is 15.1 Å².